The van der Waals surface area contributed by atoms with Gasteiger partial charge in [-0.05, 0) is 24.7 Å². The minimum Gasteiger partial charge on any atom is -0.346 e. The molecule has 1 rings (SSSR count). The van der Waals surface area contributed by atoms with Crippen LogP contribution in [0.3, 0.4) is 0 Å². The Kier molecular flexibility index (Phi) is 10.2. The third-order valence-electron chi connectivity index (χ3n) is 5.40. The molecule has 1 fully saturated rings. The fourth-order valence-corrected chi connectivity index (χ4v) is 3.40. The maximum atomic E-state index is 13.0. The second-order valence-corrected chi connectivity index (χ2v) is 8.95. The molecule has 3 amide bonds. The van der Waals surface area contributed by atoms with Crippen molar-refractivity contribution in [1.29, 1.82) is 0 Å². The average molecular weight is 423 g/mol. The monoisotopic (exact) mass is 422 g/mol. The van der Waals surface area contributed by atoms with Gasteiger partial charge in [0.05, 0.1) is 12.1 Å². The number of unbranched alkanes of at least 4 members (excludes halogenated alkanes) is 2. The van der Waals surface area contributed by atoms with Crippen molar-refractivity contribution in [2.75, 3.05) is 13.1 Å². The number of nitrogens with one attached hydrogen (secondary N) is 2. The summed E-state index contributed by atoms with van der Waals surface area (Å²) in [4.78, 5) is 52.0. The van der Waals surface area contributed by atoms with Crippen LogP contribution in [0, 0.1) is 5.41 Å². The Morgan fingerprint density at radius 1 is 1.23 bits per heavy atom. The zero-order valence-corrected chi connectivity index (χ0v) is 18.8. The zero-order valence-electron chi connectivity index (χ0n) is 18.8. The van der Waals surface area contributed by atoms with Crippen LogP contribution < -0.4 is 16.4 Å². The highest BCUT2D eigenvalue weighted by Gasteiger charge is 2.40. The quantitative estimate of drug-likeness (QED) is 0.263. The SMILES string of the molecule is C=CCNC(=O)C(=O)C(CCCCC)NC(=O)[C@@H]1CCCN1C(=O)[C@@H](N)C(C)(C)C. The van der Waals surface area contributed by atoms with Gasteiger partial charge in [-0.15, -0.1) is 6.58 Å². The first kappa shape index (κ1) is 25.8. The summed E-state index contributed by atoms with van der Waals surface area (Å²) in [7, 11) is 0. The third-order valence-corrected chi connectivity index (χ3v) is 5.40. The van der Waals surface area contributed by atoms with Gasteiger partial charge in [0.1, 0.15) is 6.04 Å². The van der Waals surface area contributed by atoms with Gasteiger partial charge in [-0.2, -0.15) is 0 Å². The van der Waals surface area contributed by atoms with Crippen LogP contribution in [0.25, 0.3) is 0 Å². The van der Waals surface area contributed by atoms with Crippen molar-refractivity contribution in [3.63, 3.8) is 0 Å². The van der Waals surface area contributed by atoms with Crippen LogP contribution in [-0.4, -0.2) is 59.6 Å². The van der Waals surface area contributed by atoms with Gasteiger partial charge in [-0.1, -0.05) is 53.0 Å². The van der Waals surface area contributed by atoms with Crippen LogP contribution >= 0.6 is 0 Å². The maximum Gasteiger partial charge on any atom is 0.289 e. The number of amides is 3. The standard InChI is InChI=1S/C22H38N4O4/c1-6-8-9-11-15(17(27)20(29)24-13-7-2)25-19(28)16-12-10-14-26(16)21(30)18(23)22(3,4)5/h7,15-16,18H,2,6,8-14,23H2,1,3-5H3,(H,24,29)(H,25,28)/t15?,16-,18+/m0/s1. The summed E-state index contributed by atoms with van der Waals surface area (Å²) in [5, 5.41) is 5.19. The molecule has 0 aromatic rings. The van der Waals surface area contributed by atoms with Crippen molar-refractivity contribution in [3.8, 4) is 0 Å². The third kappa shape index (κ3) is 7.23. The number of carbonyl (C=O) groups is 4. The van der Waals surface area contributed by atoms with Crippen molar-refractivity contribution in [2.24, 2.45) is 11.1 Å². The highest BCUT2D eigenvalue weighted by atomic mass is 16.2. The Labute approximate surface area is 180 Å². The highest BCUT2D eigenvalue weighted by molar-refractivity contribution is 6.38. The highest BCUT2D eigenvalue weighted by Crippen LogP contribution is 2.24. The van der Waals surface area contributed by atoms with Gasteiger partial charge in [-0.25, -0.2) is 0 Å². The Balaban J connectivity index is 2.90. The second-order valence-electron chi connectivity index (χ2n) is 8.95. The minimum atomic E-state index is -0.914. The minimum absolute atomic E-state index is 0.176. The summed E-state index contributed by atoms with van der Waals surface area (Å²) >= 11 is 0. The van der Waals surface area contributed by atoms with Crippen molar-refractivity contribution >= 4 is 23.5 Å². The molecule has 0 saturated carbocycles. The molecule has 8 nitrogen and oxygen atoms in total. The van der Waals surface area contributed by atoms with E-state index in [2.05, 4.69) is 17.2 Å². The number of nitrogens with zero attached hydrogens (tertiary/aromatic N) is 1. The van der Waals surface area contributed by atoms with Gasteiger partial charge >= 0.3 is 0 Å². The molecule has 1 aliphatic heterocycles. The van der Waals surface area contributed by atoms with Crippen molar-refractivity contribution in [3.05, 3.63) is 12.7 Å². The Morgan fingerprint density at radius 2 is 1.90 bits per heavy atom. The van der Waals surface area contributed by atoms with Gasteiger partial charge in [0, 0.05) is 13.1 Å². The summed E-state index contributed by atoms with van der Waals surface area (Å²) in [6.45, 7) is 11.8. The zero-order chi connectivity index (χ0) is 22.9. The van der Waals surface area contributed by atoms with E-state index in [1.165, 1.54) is 11.0 Å². The maximum absolute atomic E-state index is 13.0. The summed E-state index contributed by atoms with van der Waals surface area (Å²) in [5.41, 5.74) is 5.69. The number of rotatable bonds is 11. The fourth-order valence-electron chi connectivity index (χ4n) is 3.40. The smallest absolute Gasteiger partial charge is 0.289 e. The number of hydrogen-bond donors (Lipinski definition) is 3. The Hall–Kier alpha value is -2.22. The van der Waals surface area contributed by atoms with E-state index in [4.69, 9.17) is 5.73 Å². The summed E-state index contributed by atoms with van der Waals surface area (Å²) in [6, 6.07) is -2.32. The lowest BCUT2D eigenvalue weighted by Crippen LogP contribution is -2.57. The Morgan fingerprint density at radius 3 is 2.47 bits per heavy atom. The molecule has 0 spiro atoms. The molecule has 30 heavy (non-hydrogen) atoms. The lowest BCUT2D eigenvalue weighted by atomic mass is 9.86. The van der Waals surface area contributed by atoms with E-state index in [1.54, 1.807) is 0 Å². The molecule has 0 aromatic carbocycles. The van der Waals surface area contributed by atoms with E-state index in [-0.39, 0.29) is 12.5 Å². The number of ketones is 1. The van der Waals surface area contributed by atoms with E-state index >= 15 is 0 Å². The molecular formula is C22H38N4O4. The largest absolute Gasteiger partial charge is 0.346 e. The predicted molar refractivity (Wildman–Crippen MR) is 116 cm³/mol. The lowest BCUT2D eigenvalue weighted by molar-refractivity contribution is -0.143. The molecule has 1 heterocycles. The van der Waals surface area contributed by atoms with E-state index in [0.29, 0.717) is 32.2 Å². The average Bonchev–Trinajstić information content (AvgIpc) is 3.18. The van der Waals surface area contributed by atoms with E-state index in [0.717, 1.165) is 12.8 Å². The van der Waals surface area contributed by atoms with Crippen LogP contribution in [-0.2, 0) is 19.2 Å². The molecule has 3 atom stereocenters. The molecular weight excluding hydrogens is 384 g/mol. The normalized spacial score (nSPS) is 18.4. The van der Waals surface area contributed by atoms with E-state index in [9.17, 15) is 19.2 Å². The molecule has 1 saturated heterocycles. The van der Waals surface area contributed by atoms with Crippen molar-refractivity contribution in [1.82, 2.24) is 15.5 Å². The molecule has 8 heteroatoms. The van der Waals surface area contributed by atoms with Crippen LogP contribution in [0.5, 0.6) is 0 Å². The Bertz CT molecular complexity index is 642. The second kappa shape index (κ2) is 11.8. The molecule has 0 aromatic heterocycles. The molecule has 0 aliphatic carbocycles. The topological polar surface area (TPSA) is 122 Å². The first-order chi connectivity index (χ1) is 14.0. The summed E-state index contributed by atoms with van der Waals surface area (Å²) in [5.74, 6) is -2.10. The van der Waals surface area contributed by atoms with Gasteiger partial charge in [0.2, 0.25) is 17.6 Å². The van der Waals surface area contributed by atoms with E-state index in [1.807, 2.05) is 27.7 Å². The lowest BCUT2D eigenvalue weighted by Gasteiger charge is -2.33. The first-order valence-corrected chi connectivity index (χ1v) is 10.8. The molecule has 4 N–H and O–H groups in total. The number of Topliss-reactive ketones (excluding diaryl/α,β-unsaturated/α-hetero) is 1. The van der Waals surface area contributed by atoms with Crippen LogP contribution in [0.4, 0.5) is 0 Å². The number of carbonyl (C=O) groups excluding carboxylic acids is 4. The first-order valence-electron chi connectivity index (χ1n) is 10.8. The molecule has 0 bridgehead atoms. The van der Waals surface area contributed by atoms with Crippen molar-refractivity contribution < 1.29 is 19.2 Å². The number of likely N-dealkylation sites (tertiary alicyclic amines) is 1. The van der Waals surface area contributed by atoms with Crippen LogP contribution in [0.15, 0.2) is 12.7 Å². The van der Waals surface area contributed by atoms with Crippen LogP contribution in [0.1, 0.15) is 66.2 Å². The van der Waals surface area contributed by atoms with Crippen molar-refractivity contribution in [2.45, 2.75) is 84.3 Å². The van der Waals surface area contributed by atoms with Gasteiger partial charge in [0.25, 0.3) is 5.91 Å². The summed E-state index contributed by atoms with van der Waals surface area (Å²) in [6.07, 6.45) is 5.61. The molecule has 170 valence electrons. The van der Waals surface area contributed by atoms with Gasteiger partial charge in [-0.3, -0.25) is 19.2 Å². The number of hydrogen-bond acceptors (Lipinski definition) is 5. The molecule has 1 unspecified atom stereocenters. The van der Waals surface area contributed by atoms with Gasteiger partial charge < -0.3 is 21.3 Å². The summed E-state index contributed by atoms with van der Waals surface area (Å²) < 4.78 is 0. The molecule has 1 aliphatic rings. The number of nitrogens with two attached hydrogens (primary N) is 1. The van der Waals surface area contributed by atoms with Crippen LogP contribution in [0.2, 0.25) is 0 Å². The predicted octanol–water partition coefficient (Wildman–Crippen LogP) is 1.29. The van der Waals surface area contributed by atoms with E-state index < -0.39 is 41.1 Å². The van der Waals surface area contributed by atoms with Gasteiger partial charge in [0.15, 0.2) is 0 Å². The molecule has 0 radical (unpaired) electrons. The fraction of sp³-hybridized carbons (Fsp3) is 0.727.